The maximum Gasteiger partial charge on any atom is 0.253 e. The second kappa shape index (κ2) is 6.75. The van der Waals surface area contributed by atoms with Gasteiger partial charge in [0, 0.05) is 30.0 Å². The predicted octanol–water partition coefficient (Wildman–Crippen LogP) is 2.55. The van der Waals surface area contributed by atoms with Crippen molar-refractivity contribution in [3.8, 4) is 0 Å². The molecule has 0 spiro atoms. The molecule has 0 aliphatic heterocycles. The summed E-state index contributed by atoms with van der Waals surface area (Å²) in [5.41, 5.74) is 6.18. The summed E-state index contributed by atoms with van der Waals surface area (Å²) in [4.78, 5) is 15.5. The Labute approximate surface area is 118 Å². The lowest BCUT2D eigenvalue weighted by Crippen LogP contribution is -2.37. The summed E-state index contributed by atoms with van der Waals surface area (Å²) in [5.74, 6) is -0.00796. The van der Waals surface area contributed by atoms with Crippen molar-refractivity contribution in [3.05, 3.63) is 29.8 Å². The van der Waals surface area contributed by atoms with Gasteiger partial charge in [-0.15, -0.1) is 11.8 Å². The van der Waals surface area contributed by atoms with E-state index in [-0.39, 0.29) is 11.9 Å². The second-order valence-electron chi connectivity index (χ2n) is 4.16. The van der Waals surface area contributed by atoms with Crippen LogP contribution in [0.3, 0.4) is 0 Å². The molecule has 1 atom stereocenters. The molecule has 0 saturated heterocycles. The van der Waals surface area contributed by atoms with Crippen LogP contribution >= 0.6 is 24.0 Å². The fraction of sp³-hybridized carbons (Fsp3) is 0.385. The Bertz CT molecular complexity index is 431. The summed E-state index contributed by atoms with van der Waals surface area (Å²) >= 11 is 6.52. The number of rotatable bonds is 5. The van der Waals surface area contributed by atoms with Gasteiger partial charge < -0.3 is 10.6 Å². The normalized spacial score (nSPS) is 11.9. The van der Waals surface area contributed by atoms with Crippen molar-refractivity contribution in [1.82, 2.24) is 4.90 Å². The van der Waals surface area contributed by atoms with Crippen LogP contribution in [0.15, 0.2) is 29.2 Å². The van der Waals surface area contributed by atoms with Crippen molar-refractivity contribution in [3.63, 3.8) is 0 Å². The van der Waals surface area contributed by atoms with Gasteiger partial charge in [-0.25, -0.2) is 0 Å². The summed E-state index contributed by atoms with van der Waals surface area (Å²) in [6.07, 6.45) is 2.55. The average molecular weight is 282 g/mol. The highest BCUT2D eigenvalue weighted by Gasteiger charge is 2.17. The van der Waals surface area contributed by atoms with Crippen LogP contribution in [0.1, 0.15) is 23.7 Å². The fourth-order valence-electron chi connectivity index (χ4n) is 1.57. The first kappa shape index (κ1) is 15.0. The topological polar surface area (TPSA) is 46.3 Å². The van der Waals surface area contributed by atoms with Gasteiger partial charge in [0.05, 0.1) is 4.99 Å². The van der Waals surface area contributed by atoms with E-state index in [1.165, 1.54) is 0 Å². The highest BCUT2D eigenvalue weighted by Crippen LogP contribution is 2.16. The molecule has 1 rings (SSSR count). The standard InChI is InChI=1S/C13H18N2OS2/c1-9(8-12(14)17)15(2)13(16)10-4-6-11(18-3)7-5-10/h4-7,9H,8H2,1-3H3,(H2,14,17). The largest absolute Gasteiger partial charge is 0.393 e. The fourth-order valence-corrected chi connectivity index (χ4v) is 2.21. The van der Waals surface area contributed by atoms with E-state index in [1.54, 1.807) is 23.7 Å². The van der Waals surface area contributed by atoms with Gasteiger partial charge in [-0.3, -0.25) is 4.79 Å². The van der Waals surface area contributed by atoms with Crippen LogP contribution in [0, 0.1) is 0 Å². The summed E-state index contributed by atoms with van der Waals surface area (Å²) in [5, 5.41) is 0. The first-order valence-electron chi connectivity index (χ1n) is 5.65. The quantitative estimate of drug-likeness (QED) is 0.666. The van der Waals surface area contributed by atoms with Crippen molar-refractivity contribution in [2.45, 2.75) is 24.3 Å². The number of carbonyl (C=O) groups excluding carboxylic acids is 1. The van der Waals surface area contributed by atoms with Gasteiger partial charge in [0.1, 0.15) is 0 Å². The number of benzene rings is 1. The Morgan fingerprint density at radius 1 is 1.44 bits per heavy atom. The molecule has 1 unspecified atom stereocenters. The van der Waals surface area contributed by atoms with Crippen molar-refractivity contribution >= 4 is 34.9 Å². The number of amides is 1. The van der Waals surface area contributed by atoms with E-state index in [0.29, 0.717) is 17.0 Å². The molecule has 5 heteroatoms. The SMILES string of the molecule is CSc1ccc(C(=O)N(C)C(C)CC(N)=S)cc1. The van der Waals surface area contributed by atoms with Gasteiger partial charge >= 0.3 is 0 Å². The summed E-state index contributed by atoms with van der Waals surface area (Å²) in [6, 6.07) is 7.60. The number of hydrogen-bond acceptors (Lipinski definition) is 3. The van der Waals surface area contributed by atoms with E-state index in [9.17, 15) is 4.79 Å². The van der Waals surface area contributed by atoms with E-state index in [4.69, 9.17) is 18.0 Å². The van der Waals surface area contributed by atoms with Crippen LogP contribution in [0.4, 0.5) is 0 Å². The summed E-state index contributed by atoms with van der Waals surface area (Å²) < 4.78 is 0. The Morgan fingerprint density at radius 3 is 2.44 bits per heavy atom. The van der Waals surface area contributed by atoms with Crippen LogP contribution in [-0.4, -0.2) is 35.1 Å². The molecule has 0 fully saturated rings. The van der Waals surface area contributed by atoms with Crippen LogP contribution in [0.5, 0.6) is 0 Å². The van der Waals surface area contributed by atoms with E-state index in [0.717, 1.165) is 4.90 Å². The van der Waals surface area contributed by atoms with E-state index < -0.39 is 0 Å². The minimum absolute atomic E-state index is 0.00796. The molecule has 0 aliphatic rings. The minimum atomic E-state index is -0.00796. The molecule has 0 aliphatic carbocycles. The lowest BCUT2D eigenvalue weighted by Gasteiger charge is -2.24. The Balaban J connectivity index is 2.76. The smallest absolute Gasteiger partial charge is 0.253 e. The first-order chi connectivity index (χ1) is 8.45. The molecule has 98 valence electrons. The van der Waals surface area contributed by atoms with Crippen LogP contribution in [0.2, 0.25) is 0 Å². The van der Waals surface area contributed by atoms with Crippen LogP contribution in [0.25, 0.3) is 0 Å². The van der Waals surface area contributed by atoms with Crippen molar-refractivity contribution < 1.29 is 4.79 Å². The third-order valence-electron chi connectivity index (χ3n) is 2.82. The molecule has 18 heavy (non-hydrogen) atoms. The number of nitrogens with two attached hydrogens (primary N) is 1. The van der Waals surface area contributed by atoms with Gasteiger partial charge in [-0.2, -0.15) is 0 Å². The Hall–Kier alpha value is -1.07. The number of nitrogens with zero attached hydrogens (tertiary/aromatic N) is 1. The number of thiocarbonyl (C=S) groups is 1. The van der Waals surface area contributed by atoms with E-state index in [2.05, 4.69) is 0 Å². The average Bonchev–Trinajstić information content (AvgIpc) is 2.36. The molecule has 0 radical (unpaired) electrons. The summed E-state index contributed by atoms with van der Waals surface area (Å²) in [6.45, 7) is 1.94. The molecule has 0 aromatic heterocycles. The molecule has 1 amide bonds. The van der Waals surface area contributed by atoms with Gasteiger partial charge in [0.15, 0.2) is 0 Å². The second-order valence-corrected chi connectivity index (χ2v) is 5.57. The van der Waals surface area contributed by atoms with Gasteiger partial charge in [-0.05, 0) is 37.4 Å². The third-order valence-corrected chi connectivity index (χ3v) is 3.73. The van der Waals surface area contributed by atoms with Crippen LogP contribution < -0.4 is 5.73 Å². The van der Waals surface area contributed by atoms with Gasteiger partial charge in [0.2, 0.25) is 0 Å². The molecule has 3 nitrogen and oxygen atoms in total. The zero-order valence-electron chi connectivity index (χ0n) is 10.8. The molecule has 0 bridgehead atoms. The zero-order chi connectivity index (χ0) is 13.7. The van der Waals surface area contributed by atoms with Gasteiger partial charge in [0.25, 0.3) is 5.91 Å². The van der Waals surface area contributed by atoms with E-state index in [1.807, 2.05) is 37.4 Å². The predicted molar refractivity (Wildman–Crippen MR) is 81.2 cm³/mol. The highest BCUT2D eigenvalue weighted by atomic mass is 32.2. The Morgan fingerprint density at radius 2 is 2.00 bits per heavy atom. The van der Waals surface area contributed by atoms with Crippen LogP contribution in [-0.2, 0) is 0 Å². The number of thioether (sulfide) groups is 1. The molecule has 0 saturated carbocycles. The zero-order valence-corrected chi connectivity index (χ0v) is 12.5. The molecule has 0 heterocycles. The maximum absolute atomic E-state index is 12.2. The molecular formula is C13H18N2OS2. The lowest BCUT2D eigenvalue weighted by molar-refractivity contribution is 0.0748. The number of carbonyl (C=O) groups is 1. The molecule has 2 N–H and O–H groups in total. The van der Waals surface area contributed by atoms with Crippen molar-refractivity contribution in [1.29, 1.82) is 0 Å². The number of hydrogen-bond donors (Lipinski definition) is 1. The highest BCUT2D eigenvalue weighted by molar-refractivity contribution is 7.98. The summed E-state index contributed by atoms with van der Waals surface area (Å²) in [7, 11) is 1.77. The first-order valence-corrected chi connectivity index (χ1v) is 7.28. The maximum atomic E-state index is 12.2. The van der Waals surface area contributed by atoms with Crippen molar-refractivity contribution in [2.75, 3.05) is 13.3 Å². The van der Waals surface area contributed by atoms with Crippen molar-refractivity contribution in [2.24, 2.45) is 5.73 Å². The lowest BCUT2D eigenvalue weighted by atomic mass is 10.1. The monoisotopic (exact) mass is 282 g/mol. The molecule has 1 aromatic rings. The third kappa shape index (κ3) is 3.99. The molecule has 1 aromatic carbocycles. The van der Waals surface area contributed by atoms with Gasteiger partial charge in [-0.1, -0.05) is 12.2 Å². The Kier molecular flexibility index (Phi) is 5.62. The minimum Gasteiger partial charge on any atom is -0.393 e. The van der Waals surface area contributed by atoms with E-state index >= 15 is 0 Å². The molecular weight excluding hydrogens is 264 g/mol.